The van der Waals surface area contributed by atoms with Gasteiger partial charge in [-0.1, -0.05) is 140 Å². The van der Waals surface area contributed by atoms with E-state index in [-0.39, 0.29) is 0 Å². The van der Waals surface area contributed by atoms with Crippen LogP contribution in [0.3, 0.4) is 0 Å². The average Bonchev–Trinajstić information content (AvgIpc) is 2.81. The molecule has 0 aliphatic carbocycles. The highest BCUT2D eigenvalue weighted by atomic mass is 31.0. The summed E-state index contributed by atoms with van der Waals surface area (Å²) in [4.78, 5) is 0. The molecule has 0 saturated heterocycles. The Bertz CT molecular complexity index is 437. The standard InChI is InChI=1S/C26H45P/c1-2-3-4-5-6-7-8-9-10-11-12-13-14-15-17-20-23-26-24-21-18-16-19-22-25-27-26/h16,18-19,21-22,24-25,27H,2-15,17,20,23H2,1H3. The molecule has 27 heavy (non-hydrogen) atoms. The molecule has 1 aromatic rings. The van der Waals surface area contributed by atoms with Gasteiger partial charge < -0.3 is 0 Å². The normalized spacial score (nSPS) is 11.0. The lowest BCUT2D eigenvalue weighted by Gasteiger charge is -2.03. The molecule has 0 amide bonds. The van der Waals surface area contributed by atoms with E-state index in [4.69, 9.17) is 0 Å². The van der Waals surface area contributed by atoms with Crippen molar-refractivity contribution >= 4 is 8.19 Å². The van der Waals surface area contributed by atoms with E-state index in [2.05, 4.69) is 49.1 Å². The molecule has 1 unspecified atom stereocenters. The summed E-state index contributed by atoms with van der Waals surface area (Å²) in [6.07, 6.45) is 24.4. The van der Waals surface area contributed by atoms with Gasteiger partial charge in [0.05, 0.1) is 0 Å². The molecule has 1 heteroatoms. The van der Waals surface area contributed by atoms with Crippen molar-refractivity contribution in [3.8, 4) is 0 Å². The van der Waals surface area contributed by atoms with Gasteiger partial charge in [-0.2, -0.15) is 0 Å². The van der Waals surface area contributed by atoms with E-state index in [1.807, 2.05) is 0 Å². The van der Waals surface area contributed by atoms with Crippen LogP contribution in [0, 0.1) is 0 Å². The van der Waals surface area contributed by atoms with Gasteiger partial charge >= 0.3 is 0 Å². The third kappa shape index (κ3) is 17.1. The zero-order valence-corrected chi connectivity index (χ0v) is 19.1. The van der Waals surface area contributed by atoms with E-state index in [1.54, 1.807) is 5.30 Å². The van der Waals surface area contributed by atoms with Crippen molar-refractivity contribution in [2.45, 2.75) is 116 Å². The first kappa shape index (κ1) is 24.3. The summed E-state index contributed by atoms with van der Waals surface area (Å²) >= 11 is 0. The molecule has 0 aromatic carbocycles. The molecule has 0 aliphatic heterocycles. The Morgan fingerprint density at radius 2 is 0.963 bits per heavy atom. The minimum absolute atomic E-state index is 0.866. The predicted molar refractivity (Wildman–Crippen MR) is 127 cm³/mol. The lowest BCUT2D eigenvalue weighted by Crippen LogP contribution is -1.85. The van der Waals surface area contributed by atoms with Crippen LogP contribution in [0.15, 0.2) is 42.2 Å². The lowest BCUT2D eigenvalue weighted by atomic mass is 10.0. The number of hydrogen-bond donors (Lipinski definition) is 0. The van der Waals surface area contributed by atoms with Crippen LogP contribution in [0.2, 0.25) is 0 Å². The fourth-order valence-corrected chi connectivity index (χ4v) is 4.58. The molecule has 0 spiro atoms. The fourth-order valence-electron chi connectivity index (χ4n) is 3.64. The summed E-state index contributed by atoms with van der Waals surface area (Å²) in [5.41, 5.74) is 0. The molecule has 1 aromatic heterocycles. The van der Waals surface area contributed by atoms with Gasteiger partial charge in [0.15, 0.2) is 0 Å². The number of unbranched alkanes of at least 4 members (excludes halogenated alkanes) is 15. The van der Waals surface area contributed by atoms with Crippen molar-refractivity contribution < 1.29 is 0 Å². The van der Waals surface area contributed by atoms with Gasteiger partial charge in [-0.3, -0.25) is 0 Å². The van der Waals surface area contributed by atoms with E-state index in [1.165, 1.54) is 109 Å². The Morgan fingerprint density at radius 3 is 1.52 bits per heavy atom. The monoisotopic (exact) mass is 388 g/mol. The van der Waals surface area contributed by atoms with Gasteiger partial charge in [0.2, 0.25) is 0 Å². The van der Waals surface area contributed by atoms with Gasteiger partial charge in [0, 0.05) is 0 Å². The van der Waals surface area contributed by atoms with Gasteiger partial charge in [0.25, 0.3) is 0 Å². The zero-order chi connectivity index (χ0) is 19.3. The molecule has 0 saturated carbocycles. The molecule has 154 valence electrons. The molecule has 1 rings (SSSR count). The molecule has 1 heterocycles. The second kappa shape index (κ2) is 20.0. The quantitative estimate of drug-likeness (QED) is 0.233. The van der Waals surface area contributed by atoms with E-state index in [0.29, 0.717) is 0 Å². The predicted octanol–water partition coefficient (Wildman–Crippen LogP) is 9.65. The summed E-state index contributed by atoms with van der Waals surface area (Å²) in [6.45, 7) is 2.30. The highest BCUT2D eigenvalue weighted by Gasteiger charge is 1.95. The number of hydrogen-bond acceptors (Lipinski definition) is 0. The third-order valence-corrected chi connectivity index (χ3v) is 6.55. The largest absolute Gasteiger partial charge is 0.137 e. The van der Waals surface area contributed by atoms with Crippen LogP contribution in [0.25, 0.3) is 0 Å². The molecule has 0 nitrogen and oxygen atoms in total. The van der Waals surface area contributed by atoms with Gasteiger partial charge in [-0.05, 0) is 23.9 Å². The van der Waals surface area contributed by atoms with Crippen LogP contribution in [-0.4, -0.2) is 0 Å². The summed E-state index contributed by atoms with van der Waals surface area (Å²) in [6, 6.07) is 13.1. The van der Waals surface area contributed by atoms with Gasteiger partial charge in [0.1, 0.15) is 0 Å². The summed E-state index contributed by atoms with van der Waals surface area (Å²) in [7, 11) is 0.866. The Morgan fingerprint density at radius 1 is 0.519 bits per heavy atom. The van der Waals surface area contributed by atoms with Crippen LogP contribution in [0.1, 0.15) is 115 Å². The average molecular weight is 389 g/mol. The summed E-state index contributed by atoms with van der Waals surface area (Å²) < 4.78 is 0. The minimum Gasteiger partial charge on any atom is -0.137 e. The second-order valence-corrected chi connectivity index (χ2v) is 9.28. The Hall–Kier alpha value is -0.740. The summed E-state index contributed by atoms with van der Waals surface area (Å²) in [5, 5.41) is 1.61. The van der Waals surface area contributed by atoms with Crippen molar-refractivity contribution in [2.75, 3.05) is 0 Å². The Balaban J connectivity index is 1.84. The highest BCUT2D eigenvalue weighted by Crippen LogP contribution is 2.16. The van der Waals surface area contributed by atoms with Crippen LogP contribution in [0.5, 0.6) is 0 Å². The van der Waals surface area contributed by atoms with E-state index >= 15 is 0 Å². The smallest absolute Gasteiger partial charge is 0.0244 e. The van der Waals surface area contributed by atoms with Crippen LogP contribution in [0.4, 0.5) is 0 Å². The summed E-state index contributed by atoms with van der Waals surface area (Å²) in [5.74, 6) is 2.31. The molecule has 0 bridgehead atoms. The number of rotatable bonds is 17. The van der Waals surface area contributed by atoms with Crippen molar-refractivity contribution in [1.82, 2.24) is 0 Å². The highest BCUT2D eigenvalue weighted by molar-refractivity contribution is 7.29. The van der Waals surface area contributed by atoms with Crippen LogP contribution in [-0.2, 0) is 6.42 Å². The van der Waals surface area contributed by atoms with Gasteiger partial charge in [-0.15, -0.1) is 8.19 Å². The minimum atomic E-state index is 0.866. The molecule has 1 atom stereocenters. The maximum absolute atomic E-state index is 2.32. The van der Waals surface area contributed by atoms with E-state index < -0.39 is 0 Å². The molecular weight excluding hydrogens is 343 g/mol. The van der Waals surface area contributed by atoms with E-state index in [9.17, 15) is 0 Å². The molecule has 0 aliphatic rings. The van der Waals surface area contributed by atoms with Crippen molar-refractivity contribution in [3.05, 3.63) is 47.5 Å². The van der Waals surface area contributed by atoms with Crippen LogP contribution >= 0.6 is 8.19 Å². The van der Waals surface area contributed by atoms with Crippen molar-refractivity contribution in [2.24, 2.45) is 0 Å². The first-order valence-electron chi connectivity index (χ1n) is 11.9. The topological polar surface area (TPSA) is 0 Å². The first-order valence-corrected chi connectivity index (χ1v) is 13.0. The zero-order valence-electron chi connectivity index (χ0n) is 18.1. The second-order valence-electron chi connectivity index (χ2n) is 8.02. The molecule has 0 radical (unpaired) electrons. The maximum Gasteiger partial charge on any atom is -0.0244 e. The maximum atomic E-state index is 2.32. The Kier molecular flexibility index (Phi) is 18.0. The first-order chi connectivity index (χ1) is 13.4. The Labute approximate surface area is 172 Å². The lowest BCUT2D eigenvalue weighted by molar-refractivity contribution is 0.529. The SMILES string of the molecule is CCCCCCCCCCCCCCCCCCc1ccccccc[pH]1. The van der Waals surface area contributed by atoms with Crippen molar-refractivity contribution in [1.29, 1.82) is 0 Å². The molecular formula is C26H45P. The third-order valence-electron chi connectivity index (χ3n) is 5.41. The molecule has 0 N–H and O–H groups in total. The van der Waals surface area contributed by atoms with Crippen LogP contribution < -0.4 is 0 Å². The number of aryl methyl sites for hydroxylation is 1. The molecule has 0 fully saturated rings. The van der Waals surface area contributed by atoms with E-state index in [0.717, 1.165) is 8.19 Å². The fraction of sp³-hybridized carbons (Fsp3) is 0.692. The van der Waals surface area contributed by atoms with Gasteiger partial charge in [-0.25, -0.2) is 0 Å². The van der Waals surface area contributed by atoms with Crippen molar-refractivity contribution in [3.63, 3.8) is 0 Å².